The van der Waals surface area contributed by atoms with E-state index in [-0.39, 0.29) is 12.1 Å². The molecule has 2 aliphatic rings. The minimum absolute atomic E-state index is 0.220. The Bertz CT molecular complexity index is 1250. The van der Waals surface area contributed by atoms with Crippen LogP contribution in [0.2, 0.25) is 0 Å². The van der Waals surface area contributed by atoms with Crippen LogP contribution in [0.3, 0.4) is 0 Å². The second-order valence-electron chi connectivity index (χ2n) is 10.9. The number of hydrogen-bond donors (Lipinski definition) is 0. The van der Waals surface area contributed by atoms with Gasteiger partial charge in [-0.05, 0) is 64.8 Å². The fourth-order valence-corrected chi connectivity index (χ4v) is 5.26. The van der Waals surface area contributed by atoms with Crippen molar-refractivity contribution in [1.82, 2.24) is 19.4 Å². The summed E-state index contributed by atoms with van der Waals surface area (Å²) < 4.78 is 19.4. The largest absolute Gasteiger partial charge is 0.494 e. The number of pyridine rings is 1. The topological polar surface area (TPSA) is 82.0 Å². The summed E-state index contributed by atoms with van der Waals surface area (Å²) in [6, 6.07) is 10.3. The van der Waals surface area contributed by atoms with Gasteiger partial charge in [0, 0.05) is 37.4 Å². The van der Waals surface area contributed by atoms with E-state index >= 15 is 0 Å². The Kier molecular flexibility index (Phi) is 6.98. The van der Waals surface area contributed by atoms with Gasteiger partial charge in [-0.25, -0.2) is 14.8 Å². The van der Waals surface area contributed by atoms with Crippen molar-refractivity contribution in [1.29, 1.82) is 0 Å². The van der Waals surface area contributed by atoms with Gasteiger partial charge in [0.2, 0.25) is 0 Å². The second kappa shape index (κ2) is 10.2. The lowest BCUT2D eigenvalue weighted by Gasteiger charge is -2.37. The zero-order valence-corrected chi connectivity index (χ0v) is 22.4. The molecular formula is C28H37N5O4. The van der Waals surface area contributed by atoms with E-state index in [2.05, 4.69) is 28.5 Å². The number of hydrogen-bond acceptors (Lipinski definition) is 7. The first-order valence-corrected chi connectivity index (χ1v) is 13.1. The van der Waals surface area contributed by atoms with Gasteiger partial charge < -0.3 is 23.7 Å². The Balaban J connectivity index is 1.52. The number of anilines is 1. The Morgan fingerprint density at radius 2 is 2.03 bits per heavy atom. The molecule has 0 aliphatic carbocycles. The minimum Gasteiger partial charge on any atom is -0.494 e. The van der Waals surface area contributed by atoms with Crippen molar-refractivity contribution in [3.8, 4) is 17.1 Å². The fourth-order valence-electron chi connectivity index (χ4n) is 5.26. The number of nitrogens with zero attached hydrogens (tertiary/aromatic N) is 5. The number of aromatic nitrogens is 3. The van der Waals surface area contributed by atoms with Gasteiger partial charge >= 0.3 is 6.09 Å². The lowest BCUT2D eigenvalue weighted by Crippen LogP contribution is -2.52. The van der Waals surface area contributed by atoms with Crippen molar-refractivity contribution in [2.45, 2.75) is 64.8 Å². The molecule has 0 N–H and O–H groups in total. The average molecular weight is 508 g/mol. The third kappa shape index (κ3) is 5.23. The number of carbonyl (C=O) groups is 1. The van der Waals surface area contributed by atoms with Crippen molar-refractivity contribution in [3.05, 3.63) is 36.5 Å². The number of fused-ring (bicyclic) bond motifs is 1. The smallest absolute Gasteiger partial charge is 0.410 e. The van der Waals surface area contributed by atoms with Crippen LogP contribution in [-0.2, 0) is 16.0 Å². The molecule has 0 bridgehead atoms. The predicted molar refractivity (Wildman–Crippen MR) is 143 cm³/mol. The first kappa shape index (κ1) is 25.3. The number of ether oxygens (including phenoxy) is 3. The highest BCUT2D eigenvalue weighted by molar-refractivity contribution is 5.86. The summed E-state index contributed by atoms with van der Waals surface area (Å²) in [5.74, 6) is 2.50. The van der Waals surface area contributed by atoms with E-state index in [0.717, 1.165) is 40.5 Å². The van der Waals surface area contributed by atoms with Crippen LogP contribution in [0.5, 0.6) is 5.75 Å². The number of para-hydroxylation sites is 1. The van der Waals surface area contributed by atoms with Gasteiger partial charge in [-0.15, -0.1) is 0 Å². The molecule has 2 unspecified atom stereocenters. The Morgan fingerprint density at radius 3 is 2.70 bits per heavy atom. The zero-order chi connectivity index (χ0) is 26.2. The Labute approximate surface area is 218 Å². The molecule has 2 aliphatic heterocycles. The maximum absolute atomic E-state index is 13.1. The lowest BCUT2D eigenvalue weighted by atomic mass is 10.2. The van der Waals surface area contributed by atoms with E-state index in [1.807, 2.05) is 45.2 Å². The monoisotopic (exact) mass is 507 g/mol. The van der Waals surface area contributed by atoms with Gasteiger partial charge in [0.15, 0.2) is 0 Å². The molecule has 2 fully saturated rings. The predicted octanol–water partition coefficient (Wildman–Crippen LogP) is 4.73. The van der Waals surface area contributed by atoms with E-state index in [4.69, 9.17) is 24.2 Å². The lowest BCUT2D eigenvalue weighted by molar-refractivity contribution is -0.0355. The SMILES string of the molecule is COc1cccc2nc(-c3ccc(N4CCCC4C)nc3)n(CC3COCCN3C(=O)OC(C)(C)C)c12. The molecule has 0 spiro atoms. The normalized spacial score (nSPS) is 20.5. The van der Waals surface area contributed by atoms with Crippen LogP contribution in [0.4, 0.5) is 10.6 Å². The quantitative estimate of drug-likeness (QED) is 0.494. The van der Waals surface area contributed by atoms with Crippen molar-refractivity contribution < 1.29 is 19.0 Å². The van der Waals surface area contributed by atoms with Crippen molar-refractivity contribution in [2.24, 2.45) is 0 Å². The van der Waals surface area contributed by atoms with Gasteiger partial charge in [0.1, 0.15) is 28.5 Å². The fraction of sp³-hybridized carbons (Fsp3) is 0.536. The molecule has 1 aromatic carbocycles. The van der Waals surface area contributed by atoms with Crippen LogP contribution >= 0.6 is 0 Å². The van der Waals surface area contributed by atoms with E-state index in [1.165, 1.54) is 12.8 Å². The van der Waals surface area contributed by atoms with Gasteiger partial charge in [0.05, 0.1) is 31.9 Å². The maximum Gasteiger partial charge on any atom is 0.410 e. The first-order chi connectivity index (χ1) is 17.7. The van der Waals surface area contributed by atoms with Crippen LogP contribution < -0.4 is 9.64 Å². The van der Waals surface area contributed by atoms with Crippen LogP contribution in [0.1, 0.15) is 40.5 Å². The molecule has 2 aromatic heterocycles. The molecule has 4 heterocycles. The second-order valence-corrected chi connectivity index (χ2v) is 10.9. The molecule has 198 valence electrons. The molecule has 2 atom stereocenters. The summed E-state index contributed by atoms with van der Waals surface area (Å²) in [7, 11) is 1.66. The molecule has 0 radical (unpaired) electrons. The minimum atomic E-state index is -0.573. The summed E-state index contributed by atoms with van der Waals surface area (Å²) in [4.78, 5) is 27.0. The van der Waals surface area contributed by atoms with E-state index in [1.54, 1.807) is 12.0 Å². The first-order valence-electron chi connectivity index (χ1n) is 13.1. The van der Waals surface area contributed by atoms with Gasteiger partial charge in [0.25, 0.3) is 0 Å². The standard InChI is InChI=1S/C28H37N5O4/c1-19-8-7-13-31(19)24-12-11-20(16-29-24)26-30-22-9-6-10-23(35-5)25(22)33(26)17-21-18-36-15-14-32(21)27(34)37-28(2,3)4/h6,9-12,16,19,21H,7-8,13-15,17-18H2,1-5H3. The number of amides is 1. The molecule has 5 rings (SSSR count). The highest BCUT2D eigenvalue weighted by Gasteiger charge is 2.33. The summed E-state index contributed by atoms with van der Waals surface area (Å²) in [5, 5.41) is 0. The average Bonchev–Trinajstić information content (AvgIpc) is 3.47. The van der Waals surface area contributed by atoms with Crippen LogP contribution in [0.25, 0.3) is 22.4 Å². The molecule has 9 heteroatoms. The zero-order valence-electron chi connectivity index (χ0n) is 22.4. The van der Waals surface area contributed by atoms with Gasteiger partial charge in [-0.1, -0.05) is 6.07 Å². The molecule has 37 heavy (non-hydrogen) atoms. The molecule has 0 saturated carbocycles. The van der Waals surface area contributed by atoms with E-state index in [0.29, 0.717) is 32.3 Å². The van der Waals surface area contributed by atoms with Crippen molar-refractivity contribution in [3.63, 3.8) is 0 Å². The Morgan fingerprint density at radius 1 is 1.19 bits per heavy atom. The maximum atomic E-state index is 13.1. The third-order valence-electron chi connectivity index (χ3n) is 7.05. The number of rotatable bonds is 5. The summed E-state index contributed by atoms with van der Waals surface area (Å²) >= 11 is 0. The van der Waals surface area contributed by atoms with Gasteiger partial charge in [-0.2, -0.15) is 0 Å². The van der Waals surface area contributed by atoms with Crippen LogP contribution in [0.15, 0.2) is 36.5 Å². The molecule has 9 nitrogen and oxygen atoms in total. The summed E-state index contributed by atoms with van der Waals surface area (Å²) in [6.07, 6.45) is 3.95. The molecule has 1 amide bonds. The number of benzene rings is 1. The Hall–Kier alpha value is -3.33. The van der Waals surface area contributed by atoms with E-state index in [9.17, 15) is 4.79 Å². The highest BCUT2D eigenvalue weighted by Crippen LogP contribution is 2.33. The van der Waals surface area contributed by atoms with Crippen LogP contribution in [-0.4, -0.2) is 76.6 Å². The number of carbonyl (C=O) groups excluding carboxylic acids is 1. The summed E-state index contributed by atoms with van der Waals surface area (Å²) in [5.41, 5.74) is 2.05. The van der Waals surface area contributed by atoms with E-state index < -0.39 is 5.60 Å². The molecule has 3 aromatic rings. The van der Waals surface area contributed by atoms with Gasteiger partial charge in [-0.3, -0.25) is 4.90 Å². The summed E-state index contributed by atoms with van der Waals surface area (Å²) in [6.45, 7) is 10.8. The van der Waals surface area contributed by atoms with Crippen molar-refractivity contribution >= 4 is 22.9 Å². The van der Waals surface area contributed by atoms with Crippen molar-refractivity contribution in [2.75, 3.05) is 38.3 Å². The number of methoxy groups -OCH3 is 1. The molecule has 2 saturated heterocycles. The molecular weight excluding hydrogens is 470 g/mol. The third-order valence-corrected chi connectivity index (χ3v) is 7.05. The number of morpholine rings is 1. The van der Waals surface area contributed by atoms with Crippen LogP contribution in [0, 0.1) is 0 Å². The highest BCUT2D eigenvalue weighted by atomic mass is 16.6. The number of imidazole rings is 1.